The van der Waals surface area contributed by atoms with E-state index in [-0.39, 0.29) is 11.8 Å². The Kier molecular flexibility index (Phi) is 7.16. The van der Waals surface area contributed by atoms with Gasteiger partial charge >= 0.3 is 0 Å². The third kappa shape index (κ3) is 5.51. The molecule has 9 heteroatoms. The highest BCUT2D eigenvalue weighted by atomic mass is 16.5. The largest absolute Gasteiger partial charge is 0.475 e. The number of anilines is 1. The maximum Gasteiger partial charge on any atom is 0.233 e. The minimum atomic E-state index is -0.0205. The molecule has 1 fully saturated rings. The molecule has 1 amide bonds. The van der Waals surface area contributed by atoms with Crippen LogP contribution in [-0.2, 0) is 4.79 Å². The Balaban J connectivity index is 1.04. The normalized spacial score (nSPS) is 14.0. The summed E-state index contributed by atoms with van der Waals surface area (Å²) in [6, 6.07) is 19.3. The molecule has 0 atom stereocenters. The SMILES string of the molecule is Cc1ccccc1-c1ccc(N2CCC(C(=O)NCCOc3ccc(-c4ccco4)nn3)CC2)nn1. The van der Waals surface area contributed by atoms with Crippen molar-refractivity contribution >= 4 is 11.7 Å². The van der Waals surface area contributed by atoms with Gasteiger partial charge in [0.05, 0.1) is 18.5 Å². The number of aryl methyl sites for hydroxylation is 1. The zero-order valence-electron chi connectivity index (χ0n) is 20.1. The molecule has 36 heavy (non-hydrogen) atoms. The molecule has 4 heterocycles. The first kappa shape index (κ1) is 23.5. The van der Waals surface area contributed by atoms with Crippen molar-refractivity contribution in [1.82, 2.24) is 25.7 Å². The molecule has 4 aromatic rings. The fourth-order valence-corrected chi connectivity index (χ4v) is 4.30. The molecule has 3 aromatic heterocycles. The predicted octanol–water partition coefficient (Wildman–Crippen LogP) is 3.91. The summed E-state index contributed by atoms with van der Waals surface area (Å²) in [5.41, 5.74) is 3.77. The molecule has 0 bridgehead atoms. The van der Waals surface area contributed by atoms with Crippen LogP contribution in [0.1, 0.15) is 18.4 Å². The zero-order chi connectivity index (χ0) is 24.7. The van der Waals surface area contributed by atoms with Crippen LogP contribution in [0.4, 0.5) is 5.82 Å². The summed E-state index contributed by atoms with van der Waals surface area (Å²) in [5.74, 6) is 1.94. The average molecular weight is 485 g/mol. The van der Waals surface area contributed by atoms with Crippen molar-refractivity contribution in [3.05, 3.63) is 72.5 Å². The van der Waals surface area contributed by atoms with Gasteiger partial charge in [-0.2, -0.15) is 0 Å². The number of piperidine rings is 1. The molecule has 0 saturated carbocycles. The number of carbonyl (C=O) groups is 1. The molecular formula is C27H28N6O3. The number of carbonyl (C=O) groups excluding carboxylic acids is 1. The zero-order valence-corrected chi connectivity index (χ0v) is 20.1. The molecule has 0 radical (unpaired) electrons. The summed E-state index contributed by atoms with van der Waals surface area (Å²) in [5, 5.41) is 20.0. The molecular weight excluding hydrogens is 456 g/mol. The molecule has 184 valence electrons. The molecule has 1 aromatic carbocycles. The maximum atomic E-state index is 12.6. The highest BCUT2D eigenvalue weighted by molar-refractivity contribution is 5.79. The van der Waals surface area contributed by atoms with Crippen molar-refractivity contribution in [1.29, 1.82) is 0 Å². The van der Waals surface area contributed by atoms with Gasteiger partial charge in [0.1, 0.15) is 12.3 Å². The van der Waals surface area contributed by atoms with Gasteiger partial charge in [-0.15, -0.1) is 20.4 Å². The number of aromatic nitrogens is 4. The topological polar surface area (TPSA) is 106 Å². The van der Waals surface area contributed by atoms with Crippen LogP contribution < -0.4 is 15.0 Å². The van der Waals surface area contributed by atoms with Gasteiger partial charge in [0.25, 0.3) is 0 Å². The van der Waals surface area contributed by atoms with Crippen LogP contribution in [0.25, 0.3) is 22.7 Å². The van der Waals surface area contributed by atoms with Gasteiger partial charge in [0.15, 0.2) is 11.6 Å². The third-order valence-corrected chi connectivity index (χ3v) is 6.33. The van der Waals surface area contributed by atoms with Gasteiger partial charge in [0, 0.05) is 30.6 Å². The number of rotatable bonds is 8. The molecule has 1 aliphatic rings. The lowest BCUT2D eigenvalue weighted by atomic mass is 9.96. The summed E-state index contributed by atoms with van der Waals surface area (Å²) >= 11 is 0. The van der Waals surface area contributed by atoms with E-state index in [1.54, 1.807) is 24.5 Å². The highest BCUT2D eigenvalue weighted by Crippen LogP contribution is 2.25. The van der Waals surface area contributed by atoms with Crippen molar-refractivity contribution in [2.75, 3.05) is 31.1 Å². The lowest BCUT2D eigenvalue weighted by Gasteiger charge is -2.31. The number of ether oxygens (including phenoxy) is 1. The van der Waals surface area contributed by atoms with Gasteiger partial charge in [-0.05, 0) is 55.7 Å². The van der Waals surface area contributed by atoms with Crippen molar-refractivity contribution < 1.29 is 13.9 Å². The first-order valence-corrected chi connectivity index (χ1v) is 12.1. The monoisotopic (exact) mass is 484 g/mol. The minimum Gasteiger partial charge on any atom is -0.475 e. The molecule has 1 N–H and O–H groups in total. The predicted molar refractivity (Wildman–Crippen MR) is 135 cm³/mol. The lowest BCUT2D eigenvalue weighted by molar-refractivity contribution is -0.125. The van der Waals surface area contributed by atoms with Crippen molar-refractivity contribution in [2.24, 2.45) is 5.92 Å². The van der Waals surface area contributed by atoms with Gasteiger partial charge in [-0.3, -0.25) is 4.79 Å². The summed E-state index contributed by atoms with van der Waals surface area (Å²) in [7, 11) is 0. The molecule has 9 nitrogen and oxygen atoms in total. The Morgan fingerprint density at radius 3 is 2.47 bits per heavy atom. The van der Waals surface area contributed by atoms with Gasteiger partial charge in [-0.1, -0.05) is 24.3 Å². The van der Waals surface area contributed by atoms with E-state index in [1.807, 2.05) is 30.3 Å². The number of amides is 1. The third-order valence-electron chi connectivity index (χ3n) is 6.33. The quantitative estimate of drug-likeness (QED) is 0.375. The smallest absolute Gasteiger partial charge is 0.233 e. The molecule has 1 aliphatic heterocycles. The van der Waals surface area contributed by atoms with E-state index in [4.69, 9.17) is 9.15 Å². The van der Waals surface area contributed by atoms with E-state index < -0.39 is 0 Å². The van der Waals surface area contributed by atoms with E-state index in [1.165, 1.54) is 5.56 Å². The van der Waals surface area contributed by atoms with E-state index in [0.29, 0.717) is 30.5 Å². The van der Waals surface area contributed by atoms with Crippen LogP contribution in [0, 0.1) is 12.8 Å². The summed E-state index contributed by atoms with van der Waals surface area (Å²) in [6.45, 7) is 4.34. The van der Waals surface area contributed by atoms with Crippen LogP contribution >= 0.6 is 0 Å². The van der Waals surface area contributed by atoms with Crippen LogP contribution in [0.3, 0.4) is 0 Å². The standard InChI is InChI=1S/C27H28N6O3/c1-19-5-2-3-6-21(19)22-8-10-25(31-29-22)33-15-12-20(13-16-33)27(34)28-14-18-36-26-11-9-23(30-32-26)24-7-4-17-35-24/h2-11,17,20H,12-16,18H2,1H3,(H,28,34). The second-order valence-electron chi connectivity index (χ2n) is 8.73. The lowest BCUT2D eigenvalue weighted by Crippen LogP contribution is -2.41. The number of hydrogen-bond donors (Lipinski definition) is 1. The van der Waals surface area contributed by atoms with Crippen molar-refractivity contribution in [3.8, 4) is 28.6 Å². The Labute approximate surface area is 209 Å². The van der Waals surface area contributed by atoms with E-state index >= 15 is 0 Å². The molecule has 5 rings (SSSR count). The van der Waals surface area contributed by atoms with E-state index in [0.717, 1.165) is 43.0 Å². The highest BCUT2D eigenvalue weighted by Gasteiger charge is 2.25. The van der Waals surface area contributed by atoms with Gasteiger partial charge in [0.2, 0.25) is 11.8 Å². The molecule has 0 spiro atoms. The first-order valence-electron chi connectivity index (χ1n) is 12.1. The summed E-state index contributed by atoms with van der Waals surface area (Å²) < 4.78 is 10.9. The van der Waals surface area contributed by atoms with Crippen LogP contribution in [0.2, 0.25) is 0 Å². The van der Waals surface area contributed by atoms with E-state index in [2.05, 4.69) is 49.7 Å². The van der Waals surface area contributed by atoms with Crippen molar-refractivity contribution in [3.63, 3.8) is 0 Å². The number of hydrogen-bond acceptors (Lipinski definition) is 8. The molecule has 0 unspecified atom stereocenters. The van der Waals surface area contributed by atoms with Crippen molar-refractivity contribution in [2.45, 2.75) is 19.8 Å². The van der Waals surface area contributed by atoms with Gasteiger partial charge < -0.3 is 19.4 Å². The van der Waals surface area contributed by atoms with Crippen LogP contribution in [0.15, 0.2) is 71.3 Å². The number of furan rings is 1. The Bertz CT molecular complexity index is 1270. The average Bonchev–Trinajstić information content (AvgIpc) is 3.47. The Morgan fingerprint density at radius 1 is 0.972 bits per heavy atom. The first-order chi connectivity index (χ1) is 17.7. The fourth-order valence-electron chi connectivity index (χ4n) is 4.30. The second-order valence-corrected chi connectivity index (χ2v) is 8.73. The number of nitrogens with one attached hydrogen (secondary N) is 1. The van der Waals surface area contributed by atoms with E-state index in [9.17, 15) is 4.79 Å². The Hall–Kier alpha value is -4.27. The number of nitrogens with zero attached hydrogens (tertiary/aromatic N) is 5. The van der Waals surface area contributed by atoms with Crippen LogP contribution in [-0.4, -0.2) is 52.5 Å². The van der Waals surface area contributed by atoms with Gasteiger partial charge in [-0.25, -0.2) is 0 Å². The minimum absolute atomic E-state index is 0.0205. The Morgan fingerprint density at radius 2 is 1.78 bits per heavy atom. The summed E-state index contributed by atoms with van der Waals surface area (Å²) in [4.78, 5) is 14.8. The second kappa shape index (κ2) is 11.0. The number of benzene rings is 1. The molecule has 1 saturated heterocycles. The fraction of sp³-hybridized carbons (Fsp3) is 0.296. The maximum absolute atomic E-state index is 12.6. The summed E-state index contributed by atoms with van der Waals surface area (Å²) in [6.07, 6.45) is 3.13. The molecule has 0 aliphatic carbocycles. The van der Waals surface area contributed by atoms with Crippen LogP contribution in [0.5, 0.6) is 5.88 Å².